The Kier molecular flexibility index (Phi) is 10.4. The van der Waals surface area contributed by atoms with E-state index in [1.54, 1.807) is 6.20 Å². The van der Waals surface area contributed by atoms with E-state index in [2.05, 4.69) is 19.9 Å². The number of hydrogen-bond acceptors (Lipinski definition) is 7. The highest BCUT2D eigenvalue weighted by Crippen LogP contribution is 2.26. The van der Waals surface area contributed by atoms with E-state index in [9.17, 15) is 19.2 Å². The van der Waals surface area contributed by atoms with E-state index in [0.717, 1.165) is 22.3 Å². The van der Waals surface area contributed by atoms with Crippen molar-refractivity contribution >= 4 is 0 Å². The van der Waals surface area contributed by atoms with Gasteiger partial charge in [-0.1, -0.05) is 32.0 Å². The molecule has 11 heteroatoms. The second-order valence-electron chi connectivity index (χ2n) is 10.7. The minimum Gasteiger partial charge on any atom is -0.440 e. The quantitative estimate of drug-likeness (QED) is 0.224. The summed E-state index contributed by atoms with van der Waals surface area (Å²) in [4.78, 5) is 59.0. The molecule has 45 heavy (non-hydrogen) atoms. The normalized spacial score (nSPS) is 10.6. The van der Waals surface area contributed by atoms with E-state index < -0.39 is 22.5 Å². The third-order valence-corrected chi connectivity index (χ3v) is 6.82. The van der Waals surface area contributed by atoms with Gasteiger partial charge in [0.2, 0.25) is 11.8 Å². The van der Waals surface area contributed by atoms with E-state index in [0.29, 0.717) is 41.2 Å². The summed E-state index contributed by atoms with van der Waals surface area (Å²) < 4.78 is 13.1. The molecule has 0 aliphatic carbocycles. The van der Waals surface area contributed by atoms with Gasteiger partial charge in [-0.15, -0.1) is 0 Å². The largest absolute Gasteiger partial charge is 0.440 e. The molecule has 5 aromatic rings. The average Bonchev–Trinajstić information content (AvgIpc) is 2.95. The van der Waals surface area contributed by atoms with Crippen molar-refractivity contribution in [2.45, 2.75) is 60.9 Å². The number of rotatable bonds is 8. The fraction of sp³-hybridized carbons (Fsp3) is 0.265. The average molecular weight is 612 g/mol. The summed E-state index contributed by atoms with van der Waals surface area (Å²) in [5.74, 6) is 1.67. The van der Waals surface area contributed by atoms with Crippen molar-refractivity contribution < 1.29 is 9.47 Å². The van der Waals surface area contributed by atoms with Crippen LogP contribution in [0.1, 0.15) is 52.9 Å². The summed E-state index contributed by atoms with van der Waals surface area (Å²) in [6, 6.07) is 17.0. The number of benzene rings is 2. The number of nitrogens with zero attached hydrogens (tertiary/aromatic N) is 2. The number of nitrogens with one attached hydrogen (secondary N) is 3. The summed E-state index contributed by atoms with van der Waals surface area (Å²) >= 11 is 0. The standard InChI is InChI=1S/C20H21N3O3.C14H16N2O3/c1-4-17-18(24)22-20(25)23(12-15-7-5-6-8-21-15)19(17)26-16-10-13(2)9-14(3)11-16;1-4-11-12(17)15-14(18)16-13(11)19-10-6-8(2)5-9(3)7-10/h5-11H,4,12H2,1-3H3,(H,22,24,25);5-7H,4H2,1-3H3,(H2,15,16,17,18). The molecule has 11 nitrogen and oxygen atoms in total. The van der Waals surface area contributed by atoms with Crippen LogP contribution in [0.5, 0.6) is 23.3 Å². The highest BCUT2D eigenvalue weighted by atomic mass is 16.5. The van der Waals surface area contributed by atoms with E-state index in [1.165, 1.54) is 4.57 Å². The third-order valence-electron chi connectivity index (χ3n) is 6.82. The van der Waals surface area contributed by atoms with Crippen molar-refractivity contribution in [1.29, 1.82) is 0 Å². The molecule has 0 radical (unpaired) electrons. The molecule has 0 unspecified atom stereocenters. The van der Waals surface area contributed by atoms with Crippen LogP contribution >= 0.6 is 0 Å². The van der Waals surface area contributed by atoms with Crippen molar-refractivity contribution in [2.24, 2.45) is 0 Å². The SMILES string of the molecule is CCc1c(Oc2cc(C)cc(C)c2)[nH]c(=O)[nH]c1=O.CCc1c(Oc2cc(C)cc(C)c2)n(Cc2ccccn2)c(=O)[nH]c1=O. The zero-order valence-electron chi connectivity index (χ0n) is 26.2. The Bertz CT molecular complexity index is 2000. The Morgan fingerprint density at radius 2 is 1.24 bits per heavy atom. The summed E-state index contributed by atoms with van der Waals surface area (Å²) in [5, 5.41) is 0. The number of H-pyrrole nitrogens is 3. The van der Waals surface area contributed by atoms with E-state index in [4.69, 9.17) is 9.47 Å². The van der Waals surface area contributed by atoms with E-state index >= 15 is 0 Å². The van der Waals surface area contributed by atoms with Crippen LogP contribution in [0.25, 0.3) is 0 Å². The first-order chi connectivity index (χ1) is 21.5. The van der Waals surface area contributed by atoms with Crippen molar-refractivity contribution in [3.8, 4) is 23.3 Å². The van der Waals surface area contributed by atoms with Crippen LogP contribution in [-0.2, 0) is 19.4 Å². The topological polar surface area (TPSA) is 152 Å². The Morgan fingerprint density at radius 3 is 1.78 bits per heavy atom. The first kappa shape index (κ1) is 32.5. The predicted molar refractivity (Wildman–Crippen MR) is 173 cm³/mol. The van der Waals surface area contributed by atoms with Gasteiger partial charge >= 0.3 is 11.4 Å². The maximum atomic E-state index is 12.5. The van der Waals surface area contributed by atoms with Crippen LogP contribution in [-0.4, -0.2) is 24.5 Å². The fourth-order valence-electron chi connectivity index (χ4n) is 4.93. The third kappa shape index (κ3) is 8.35. The predicted octanol–water partition coefficient (Wildman–Crippen LogP) is 4.99. The lowest BCUT2D eigenvalue weighted by atomic mass is 10.1. The zero-order chi connectivity index (χ0) is 32.7. The number of pyridine rings is 1. The summed E-state index contributed by atoms with van der Waals surface area (Å²) in [7, 11) is 0. The molecular weight excluding hydrogens is 574 g/mol. The Morgan fingerprint density at radius 1 is 0.689 bits per heavy atom. The van der Waals surface area contributed by atoms with Gasteiger partial charge in [-0.05, 0) is 99.2 Å². The van der Waals surface area contributed by atoms with Gasteiger partial charge < -0.3 is 9.47 Å². The van der Waals surface area contributed by atoms with Crippen LogP contribution in [0.3, 0.4) is 0 Å². The second kappa shape index (κ2) is 14.3. The molecule has 0 spiro atoms. The molecule has 5 rings (SSSR count). The lowest BCUT2D eigenvalue weighted by Gasteiger charge is -2.16. The monoisotopic (exact) mass is 611 g/mol. The van der Waals surface area contributed by atoms with Gasteiger partial charge in [-0.25, -0.2) is 9.59 Å². The minimum atomic E-state index is -0.568. The Hall–Kier alpha value is -5.45. The van der Waals surface area contributed by atoms with Gasteiger partial charge in [0.05, 0.1) is 23.4 Å². The van der Waals surface area contributed by atoms with Gasteiger partial charge in [0.15, 0.2) is 0 Å². The smallest absolute Gasteiger partial charge is 0.331 e. The number of ether oxygens (including phenoxy) is 2. The summed E-state index contributed by atoms with van der Waals surface area (Å²) in [6.07, 6.45) is 2.58. The molecular formula is C34H37N5O6. The van der Waals surface area contributed by atoms with Crippen LogP contribution in [0.4, 0.5) is 0 Å². The molecule has 0 saturated carbocycles. The molecule has 0 atom stereocenters. The highest BCUT2D eigenvalue weighted by molar-refractivity contribution is 5.38. The molecule has 2 aromatic carbocycles. The summed E-state index contributed by atoms with van der Waals surface area (Å²) in [5.41, 5.74) is 3.84. The molecule has 3 heterocycles. The molecule has 0 amide bonds. The van der Waals surface area contributed by atoms with Crippen molar-refractivity contribution in [1.82, 2.24) is 24.5 Å². The number of aryl methyl sites for hydroxylation is 4. The van der Waals surface area contributed by atoms with Crippen LogP contribution in [0, 0.1) is 27.7 Å². The van der Waals surface area contributed by atoms with Crippen molar-refractivity contribution in [3.63, 3.8) is 0 Å². The zero-order valence-corrected chi connectivity index (χ0v) is 26.2. The molecule has 3 aromatic heterocycles. The maximum Gasteiger partial charge on any atom is 0.331 e. The molecule has 234 valence electrons. The van der Waals surface area contributed by atoms with Crippen LogP contribution in [0.2, 0.25) is 0 Å². The minimum absolute atomic E-state index is 0.209. The molecule has 0 bridgehead atoms. The number of hydrogen-bond donors (Lipinski definition) is 3. The fourth-order valence-corrected chi connectivity index (χ4v) is 4.93. The van der Waals surface area contributed by atoms with Crippen LogP contribution < -0.4 is 32.0 Å². The van der Waals surface area contributed by atoms with Gasteiger partial charge in [0, 0.05) is 6.20 Å². The molecule has 3 N–H and O–H groups in total. The van der Waals surface area contributed by atoms with Gasteiger partial charge in [-0.2, -0.15) is 0 Å². The van der Waals surface area contributed by atoms with Crippen molar-refractivity contribution in [2.75, 3.05) is 0 Å². The van der Waals surface area contributed by atoms with Gasteiger partial charge in [-0.3, -0.25) is 34.1 Å². The molecule has 0 fully saturated rings. The first-order valence-corrected chi connectivity index (χ1v) is 14.6. The lowest BCUT2D eigenvalue weighted by molar-refractivity contribution is 0.412. The van der Waals surface area contributed by atoms with Gasteiger partial charge in [0.1, 0.15) is 11.5 Å². The summed E-state index contributed by atoms with van der Waals surface area (Å²) in [6.45, 7) is 11.8. The number of aromatic amines is 3. The molecule has 0 aliphatic rings. The molecule has 0 saturated heterocycles. The van der Waals surface area contributed by atoms with E-state index in [1.807, 2.05) is 96.1 Å². The van der Waals surface area contributed by atoms with Crippen molar-refractivity contribution in [3.05, 3.63) is 142 Å². The second-order valence-corrected chi connectivity index (χ2v) is 10.7. The maximum absolute atomic E-state index is 12.5. The lowest BCUT2D eigenvalue weighted by Crippen LogP contribution is -2.33. The van der Waals surface area contributed by atoms with Gasteiger partial charge in [0.25, 0.3) is 11.1 Å². The Labute approximate surface area is 259 Å². The first-order valence-electron chi connectivity index (χ1n) is 14.6. The highest BCUT2D eigenvalue weighted by Gasteiger charge is 2.17. The van der Waals surface area contributed by atoms with Crippen LogP contribution in [0.15, 0.2) is 80.0 Å². The number of aromatic nitrogens is 5. The van der Waals surface area contributed by atoms with E-state index in [-0.39, 0.29) is 18.3 Å². The molecule has 0 aliphatic heterocycles. The Balaban J connectivity index is 0.000000215.